The molecule has 0 aromatic carbocycles. The van der Waals surface area contributed by atoms with E-state index in [1.807, 2.05) is 32.9 Å². The van der Waals surface area contributed by atoms with Crippen LogP contribution in [0.4, 0.5) is 4.79 Å². The molecule has 0 saturated carbocycles. The van der Waals surface area contributed by atoms with Crippen LogP contribution in [-0.2, 0) is 4.74 Å². The van der Waals surface area contributed by atoms with Crippen molar-refractivity contribution in [1.29, 1.82) is 0 Å². The van der Waals surface area contributed by atoms with Crippen molar-refractivity contribution in [1.82, 2.24) is 4.90 Å². The molecule has 1 aliphatic rings. The van der Waals surface area contributed by atoms with Crippen LogP contribution in [0.5, 0.6) is 0 Å². The molecule has 0 N–H and O–H groups in total. The van der Waals surface area contributed by atoms with E-state index in [-0.39, 0.29) is 12.0 Å². The molecule has 0 radical (unpaired) electrons. The predicted molar refractivity (Wildman–Crippen MR) is 76.2 cm³/mol. The van der Waals surface area contributed by atoms with Crippen molar-refractivity contribution in [3.63, 3.8) is 0 Å². The number of rotatable bonds is 1. The molecular weight excluding hydrogens is 310 g/mol. The number of ether oxygens (including phenoxy) is 1. The van der Waals surface area contributed by atoms with Crippen LogP contribution in [-0.4, -0.2) is 29.7 Å². The van der Waals surface area contributed by atoms with Gasteiger partial charge in [-0.2, -0.15) is 0 Å². The Bertz CT molecular complexity index is 450. The van der Waals surface area contributed by atoms with E-state index in [4.69, 9.17) is 9.15 Å². The smallest absolute Gasteiger partial charge is 0.410 e. The lowest BCUT2D eigenvalue weighted by molar-refractivity contribution is 0.0192. The Morgan fingerprint density at radius 2 is 2.21 bits per heavy atom. The molecule has 2 heterocycles. The molecule has 4 nitrogen and oxygen atoms in total. The van der Waals surface area contributed by atoms with Gasteiger partial charge in [0.25, 0.3) is 0 Å². The lowest BCUT2D eigenvalue weighted by Crippen LogP contribution is -2.42. The molecule has 1 unspecified atom stereocenters. The first-order chi connectivity index (χ1) is 8.85. The van der Waals surface area contributed by atoms with E-state index in [0.717, 1.165) is 29.8 Å². The van der Waals surface area contributed by atoms with Crippen LogP contribution in [0.2, 0.25) is 0 Å². The first-order valence-electron chi connectivity index (χ1n) is 6.58. The Hall–Kier alpha value is -0.970. The summed E-state index contributed by atoms with van der Waals surface area (Å²) in [6.45, 7) is 7.07. The maximum Gasteiger partial charge on any atom is 0.410 e. The quantitative estimate of drug-likeness (QED) is 0.777. The van der Waals surface area contributed by atoms with Gasteiger partial charge in [0.15, 0.2) is 4.67 Å². The van der Waals surface area contributed by atoms with Crippen LogP contribution in [0, 0.1) is 0 Å². The van der Waals surface area contributed by atoms with Gasteiger partial charge in [0.05, 0.1) is 0 Å². The van der Waals surface area contributed by atoms with Crippen molar-refractivity contribution in [3.8, 4) is 0 Å². The van der Waals surface area contributed by atoms with Crippen molar-refractivity contribution in [2.75, 3.05) is 13.1 Å². The maximum atomic E-state index is 12.1. The monoisotopic (exact) mass is 329 g/mol. The molecule has 106 valence electrons. The van der Waals surface area contributed by atoms with Gasteiger partial charge < -0.3 is 14.1 Å². The Labute approximate surface area is 122 Å². The van der Waals surface area contributed by atoms with Gasteiger partial charge in [-0.05, 0) is 61.7 Å². The van der Waals surface area contributed by atoms with E-state index in [1.54, 1.807) is 4.90 Å². The fourth-order valence-corrected chi connectivity index (χ4v) is 2.57. The molecular formula is C14H20BrNO3. The molecule has 1 saturated heterocycles. The molecule has 1 aromatic rings. The van der Waals surface area contributed by atoms with E-state index in [2.05, 4.69) is 15.9 Å². The van der Waals surface area contributed by atoms with Crippen LogP contribution in [0.25, 0.3) is 0 Å². The van der Waals surface area contributed by atoms with Gasteiger partial charge in [-0.15, -0.1) is 0 Å². The summed E-state index contributed by atoms with van der Waals surface area (Å²) in [4.78, 5) is 13.8. The number of hydrogen-bond donors (Lipinski definition) is 0. The van der Waals surface area contributed by atoms with Crippen molar-refractivity contribution >= 4 is 22.0 Å². The lowest BCUT2D eigenvalue weighted by atomic mass is 9.96. The average Bonchev–Trinajstić information content (AvgIpc) is 2.74. The highest BCUT2D eigenvalue weighted by Gasteiger charge is 2.29. The largest absolute Gasteiger partial charge is 0.454 e. The van der Waals surface area contributed by atoms with Gasteiger partial charge >= 0.3 is 6.09 Å². The number of hydrogen-bond acceptors (Lipinski definition) is 3. The van der Waals surface area contributed by atoms with E-state index in [9.17, 15) is 4.79 Å². The van der Waals surface area contributed by atoms with Crippen molar-refractivity contribution in [3.05, 3.63) is 22.6 Å². The fourth-order valence-electron chi connectivity index (χ4n) is 2.25. The second-order valence-corrected chi connectivity index (χ2v) is 6.69. The summed E-state index contributed by atoms with van der Waals surface area (Å²) in [5, 5.41) is 0. The first-order valence-corrected chi connectivity index (χ1v) is 7.37. The van der Waals surface area contributed by atoms with Gasteiger partial charge in [-0.3, -0.25) is 0 Å². The fraction of sp³-hybridized carbons (Fsp3) is 0.643. The third-order valence-corrected chi connectivity index (χ3v) is 3.50. The third kappa shape index (κ3) is 4.00. The van der Waals surface area contributed by atoms with Gasteiger partial charge in [0, 0.05) is 19.0 Å². The van der Waals surface area contributed by atoms with Gasteiger partial charge in [0.2, 0.25) is 0 Å². The summed E-state index contributed by atoms with van der Waals surface area (Å²) in [5.74, 6) is 1.19. The number of amides is 1. The van der Waals surface area contributed by atoms with Crippen LogP contribution in [0.15, 0.2) is 21.2 Å². The van der Waals surface area contributed by atoms with Crippen molar-refractivity contribution < 1.29 is 13.9 Å². The first kappa shape index (κ1) is 14.4. The molecule has 0 aliphatic carbocycles. The second-order valence-electron chi connectivity index (χ2n) is 5.91. The molecule has 1 atom stereocenters. The van der Waals surface area contributed by atoms with Gasteiger partial charge in [-0.25, -0.2) is 4.79 Å². The minimum atomic E-state index is -0.447. The van der Waals surface area contributed by atoms with Crippen LogP contribution in [0.1, 0.15) is 45.3 Å². The average molecular weight is 330 g/mol. The molecule has 5 heteroatoms. The minimum Gasteiger partial charge on any atom is -0.454 e. The number of nitrogens with zero attached hydrogens (tertiary/aromatic N) is 1. The number of carbonyl (C=O) groups is 1. The highest BCUT2D eigenvalue weighted by molar-refractivity contribution is 9.10. The molecule has 19 heavy (non-hydrogen) atoms. The molecule has 1 aromatic heterocycles. The lowest BCUT2D eigenvalue weighted by Gasteiger charge is -2.33. The molecule has 1 amide bonds. The molecule has 0 bridgehead atoms. The molecule has 0 spiro atoms. The van der Waals surface area contributed by atoms with Crippen molar-refractivity contribution in [2.45, 2.75) is 45.1 Å². The second kappa shape index (κ2) is 5.57. The summed E-state index contributed by atoms with van der Waals surface area (Å²) in [6.07, 6.45) is 1.78. The zero-order valence-corrected chi connectivity index (χ0v) is 13.2. The number of piperidine rings is 1. The van der Waals surface area contributed by atoms with Crippen LogP contribution in [0.3, 0.4) is 0 Å². The van der Waals surface area contributed by atoms with Crippen LogP contribution < -0.4 is 0 Å². The zero-order chi connectivity index (χ0) is 14.0. The van der Waals surface area contributed by atoms with Gasteiger partial charge in [0.1, 0.15) is 11.4 Å². The Morgan fingerprint density at radius 3 is 2.79 bits per heavy atom. The standard InChI is InChI=1S/C14H20BrNO3/c1-14(2,3)19-13(17)16-8-4-5-10(9-16)11-6-7-12(15)18-11/h6-7,10H,4-5,8-9H2,1-3H3. The summed E-state index contributed by atoms with van der Waals surface area (Å²) in [5.41, 5.74) is -0.447. The van der Waals surface area contributed by atoms with E-state index >= 15 is 0 Å². The number of likely N-dealkylation sites (tertiary alicyclic amines) is 1. The maximum absolute atomic E-state index is 12.1. The molecule has 2 rings (SSSR count). The van der Waals surface area contributed by atoms with Crippen molar-refractivity contribution in [2.24, 2.45) is 0 Å². The molecule has 1 aliphatic heterocycles. The number of halogens is 1. The number of carbonyl (C=O) groups excluding carboxylic acids is 1. The minimum absolute atomic E-state index is 0.233. The summed E-state index contributed by atoms with van der Waals surface area (Å²) in [6, 6.07) is 3.86. The van der Waals surface area contributed by atoms with Crippen LogP contribution >= 0.6 is 15.9 Å². The number of furan rings is 1. The third-order valence-electron chi connectivity index (χ3n) is 3.07. The zero-order valence-electron chi connectivity index (χ0n) is 11.6. The van der Waals surface area contributed by atoms with E-state index in [0.29, 0.717) is 6.54 Å². The summed E-state index contributed by atoms with van der Waals surface area (Å²) >= 11 is 3.31. The predicted octanol–water partition coefficient (Wildman–Crippen LogP) is 4.16. The SMILES string of the molecule is CC(C)(C)OC(=O)N1CCCC(c2ccc(Br)o2)C1. The highest BCUT2D eigenvalue weighted by Crippen LogP contribution is 2.30. The Kier molecular flexibility index (Phi) is 4.23. The topological polar surface area (TPSA) is 42.7 Å². The highest BCUT2D eigenvalue weighted by atomic mass is 79.9. The Morgan fingerprint density at radius 1 is 1.47 bits per heavy atom. The summed E-state index contributed by atoms with van der Waals surface area (Å²) < 4.78 is 11.7. The summed E-state index contributed by atoms with van der Waals surface area (Å²) in [7, 11) is 0. The molecule has 1 fully saturated rings. The van der Waals surface area contributed by atoms with E-state index in [1.165, 1.54) is 0 Å². The van der Waals surface area contributed by atoms with Gasteiger partial charge in [-0.1, -0.05) is 0 Å². The van der Waals surface area contributed by atoms with E-state index < -0.39 is 5.60 Å². The normalized spacial score (nSPS) is 20.4. The Balaban J connectivity index is 1.99.